The summed E-state index contributed by atoms with van der Waals surface area (Å²) in [6.07, 6.45) is -0.0671. The van der Waals surface area contributed by atoms with Gasteiger partial charge in [0.2, 0.25) is 0 Å². The summed E-state index contributed by atoms with van der Waals surface area (Å²) < 4.78 is 0. The Bertz CT molecular complexity index is 419. The van der Waals surface area contributed by atoms with Crippen molar-refractivity contribution in [3.63, 3.8) is 0 Å². The predicted octanol–water partition coefficient (Wildman–Crippen LogP) is 1.27. The maximum Gasteiger partial charge on any atom is 0.306 e. The molecule has 2 rings (SSSR count). The molecule has 2 atom stereocenters. The van der Waals surface area contributed by atoms with E-state index in [9.17, 15) is 9.90 Å². The number of benzene rings is 1. The van der Waals surface area contributed by atoms with Crippen molar-refractivity contribution >= 4 is 11.7 Å². The van der Waals surface area contributed by atoms with E-state index in [1.54, 1.807) is 0 Å². The van der Waals surface area contributed by atoms with E-state index in [4.69, 9.17) is 5.11 Å². The van der Waals surface area contributed by atoms with Gasteiger partial charge in [-0.3, -0.25) is 4.79 Å². The summed E-state index contributed by atoms with van der Waals surface area (Å²) in [7, 11) is 0. The Kier molecular flexibility index (Phi) is 3.33. The second kappa shape index (κ2) is 4.75. The summed E-state index contributed by atoms with van der Waals surface area (Å²) in [5.74, 6) is -0.961. The Labute approximate surface area is 100 Å². The van der Waals surface area contributed by atoms with Gasteiger partial charge in [-0.25, -0.2) is 0 Å². The topological polar surface area (TPSA) is 60.8 Å². The Balaban J connectivity index is 2.09. The number of aliphatic hydroxyl groups excluding tert-OH is 1. The van der Waals surface area contributed by atoms with Crippen LogP contribution >= 0.6 is 0 Å². The van der Waals surface area contributed by atoms with Gasteiger partial charge in [-0.05, 0) is 25.0 Å². The van der Waals surface area contributed by atoms with Crippen LogP contribution < -0.4 is 4.90 Å². The maximum atomic E-state index is 10.5. The van der Waals surface area contributed by atoms with Crippen LogP contribution in [0.3, 0.4) is 0 Å². The molecule has 1 heterocycles. The highest BCUT2D eigenvalue weighted by Gasteiger charge is 2.27. The molecule has 1 aliphatic heterocycles. The molecule has 0 saturated heterocycles. The molecule has 92 valence electrons. The molecule has 2 N–H and O–H groups in total. The van der Waals surface area contributed by atoms with E-state index >= 15 is 0 Å². The van der Waals surface area contributed by atoms with E-state index in [0.29, 0.717) is 12.6 Å². The van der Waals surface area contributed by atoms with Gasteiger partial charge in [-0.15, -0.1) is 0 Å². The summed E-state index contributed by atoms with van der Waals surface area (Å²) in [6.45, 7) is 2.47. The number of carbonyl (C=O) groups is 1. The number of fused-ring (bicyclic) bond motifs is 1. The van der Waals surface area contributed by atoms with Crippen molar-refractivity contribution in [3.05, 3.63) is 29.8 Å². The van der Waals surface area contributed by atoms with Crippen LogP contribution in [-0.2, 0) is 11.2 Å². The quantitative estimate of drug-likeness (QED) is 0.825. The zero-order valence-electron chi connectivity index (χ0n) is 9.84. The van der Waals surface area contributed by atoms with Gasteiger partial charge in [0.1, 0.15) is 0 Å². The fourth-order valence-corrected chi connectivity index (χ4v) is 2.40. The van der Waals surface area contributed by atoms with E-state index in [2.05, 4.69) is 17.9 Å². The number of anilines is 1. The van der Waals surface area contributed by atoms with Gasteiger partial charge in [0.15, 0.2) is 0 Å². The number of carboxylic acids is 1. The van der Waals surface area contributed by atoms with Crippen LogP contribution in [-0.4, -0.2) is 34.9 Å². The molecule has 0 radical (unpaired) electrons. The van der Waals surface area contributed by atoms with Gasteiger partial charge in [0, 0.05) is 18.3 Å². The molecule has 0 saturated carbocycles. The lowest BCUT2D eigenvalue weighted by molar-refractivity contribution is -0.139. The molecule has 4 nitrogen and oxygen atoms in total. The molecule has 0 spiro atoms. The average molecular weight is 235 g/mol. The summed E-state index contributed by atoms with van der Waals surface area (Å²) in [5, 5.41) is 18.3. The third-order valence-corrected chi connectivity index (χ3v) is 3.17. The SMILES string of the molecule is CC1Cc2ccccc2N1CC(O)CC(=O)O. The first-order valence-electron chi connectivity index (χ1n) is 5.82. The Hall–Kier alpha value is -1.55. The summed E-state index contributed by atoms with van der Waals surface area (Å²) in [4.78, 5) is 12.6. The van der Waals surface area contributed by atoms with Gasteiger partial charge in [0.05, 0.1) is 12.5 Å². The van der Waals surface area contributed by atoms with Crippen LogP contribution in [0.4, 0.5) is 5.69 Å². The molecule has 0 aromatic heterocycles. The van der Waals surface area contributed by atoms with Gasteiger partial charge >= 0.3 is 5.97 Å². The van der Waals surface area contributed by atoms with Crippen LogP contribution in [0.5, 0.6) is 0 Å². The summed E-state index contributed by atoms with van der Waals surface area (Å²) in [5.41, 5.74) is 2.38. The summed E-state index contributed by atoms with van der Waals surface area (Å²) >= 11 is 0. The highest BCUT2D eigenvalue weighted by Crippen LogP contribution is 2.31. The normalized spacial score (nSPS) is 20.1. The van der Waals surface area contributed by atoms with Gasteiger partial charge < -0.3 is 15.1 Å². The van der Waals surface area contributed by atoms with Crippen LogP contribution in [0, 0.1) is 0 Å². The minimum atomic E-state index is -0.961. The van der Waals surface area contributed by atoms with Crippen molar-refractivity contribution in [1.29, 1.82) is 0 Å². The molecule has 1 aromatic carbocycles. The zero-order chi connectivity index (χ0) is 12.4. The van der Waals surface area contributed by atoms with E-state index < -0.39 is 12.1 Å². The van der Waals surface area contributed by atoms with E-state index in [-0.39, 0.29) is 6.42 Å². The molecule has 0 aliphatic carbocycles. The molecule has 0 amide bonds. The first-order valence-corrected chi connectivity index (χ1v) is 5.82. The molecule has 0 bridgehead atoms. The average Bonchev–Trinajstić information content (AvgIpc) is 2.55. The lowest BCUT2D eigenvalue weighted by atomic mass is 10.1. The molecular formula is C13H17NO3. The van der Waals surface area contributed by atoms with Crippen molar-refractivity contribution in [3.8, 4) is 0 Å². The standard InChI is InChI=1S/C13H17NO3/c1-9-6-10-4-2-3-5-12(10)14(9)8-11(15)7-13(16)17/h2-5,9,11,15H,6-8H2,1H3,(H,16,17). The zero-order valence-corrected chi connectivity index (χ0v) is 9.84. The molecule has 17 heavy (non-hydrogen) atoms. The van der Waals surface area contributed by atoms with E-state index in [0.717, 1.165) is 12.1 Å². The molecule has 4 heteroatoms. The van der Waals surface area contributed by atoms with Crippen molar-refractivity contribution < 1.29 is 15.0 Å². The minimum Gasteiger partial charge on any atom is -0.481 e. The molecular weight excluding hydrogens is 218 g/mol. The second-order valence-corrected chi connectivity index (χ2v) is 4.59. The number of carboxylic acid groups (broad SMARTS) is 1. The fraction of sp³-hybridized carbons (Fsp3) is 0.462. The highest BCUT2D eigenvalue weighted by molar-refractivity contribution is 5.67. The molecule has 0 fully saturated rings. The van der Waals surface area contributed by atoms with Gasteiger partial charge in [-0.1, -0.05) is 18.2 Å². The van der Waals surface area contributed by atoms with Crippen LogP contribution in [0.2, 0.25) is 0 Å². The number of hydrogen-bond donors (Lipinski definition) is 2. The number of β-amino-alcohol motifs (C(OH)–C–C–N with tert-alkyl or cyclic N) is 1. The number of aliphatic hydroxyl groups is 1. The number of hydrogen-bond acceptors (Lipinski definition) is 3. The van der Waals surface area contributed by atoms with Crippen molar-refractivity contribution in [1.82, 2.24) is 0 Å². The van der Waals surface area contributed by atoms with E-state index in [1.807, 2.05) is 18.2 Å². The van der Waals surface area contributed by atoms with Crippen molar-refractivity contribution in [2.24, 2.45) is 0 Å². The Morgan fingerprint density at radius 1 is 1.53 bits per heavy atom. The summed E-state index contributed by atoms with van der Waals surface area (Å²) in [6, 6.07) is 8.38. The van der Waals surface area contributed by atoms with Crippen LogP contribution in [0.15, 0.2) is 24.3 Å². The lowest BCUT2D eigenvalue weighted by Crippen LogP contribution is -2.37. The first kappa shape index (κ1) is 11.9. The smallest absolute Gasteiger partial charge is 0.306 e. The molecule has 1 aliphatic rings. The van der Waals surface area contributed by atoms with Gasteiger partial charge in [0.25, 0.3) is 0 Å². The predicted molar refractivity (Wildman–Crippen MR) is 65.2 cm³/mol. The Morgan fingerprint density at radius 3 is 2.94 bits per heavy atom. The monoisotopic (exact) mass is 235 g/mol. The second-order valence-electron chi connectivity index (χ2n) is 4.59. The number of para-hydroxylation sites is 1. The third-order valence-electron chi connectivity index (χ3n) is 3.17. The highest BCUT2D eigenvalue weighted by atomic mass is 16.4. The number of aliphatic carboxylic acids is 1. The van der Waals surface area contributed by atoms with Crippen molar-refractivity contribution in [2.75, 3.05) is 11.4 Å². The maximum absolute atomic E-state index is 10.5. The molecule has 2 unspecified atom stereocenters. The van der Waals surface area contributed by atoms with Gasteiger partial charge in [-0.2, -0.15) is 0 Å². The van der Waals surface area contributed by atoms with E-state index in [1.165, 1.54) is 5.56 Å². The lowest BCUT2D eigenvalue weighted by Gasteiger charge is -2.27. The Morgan fingerprint density at radius 2 is 2.24 bits per heavy atom. The number of nitrogens with zero attached hydrogens (tertiary/aromatic N) is 1. The minimum absolute atomic E-state index is 0.203. The van der Waals surface area contributed by atoms with Crippen LogP contribution in [0.25, 0.3) is 0 Å². The fourth-order valence-electron chi connectivity index (χ4n) is 2.40. The van der Waals surface area contributed by atoms with Crippen molar-refractivity contribution in [2.45, 2.75) is 31.9 Å². The first-order chi connectivity index (χ1) is 8.08. The third kappa shape index (κ3) is 2.58. The van der Waals surface area contributed by atoms with Crippen LogP contribution in [0.1, 0.15) is 18.9 Å². The molecule has 1 aromatic rings. The largest absolute Gasteiger partial charge is 0.481 e. The number of rotatable bonds is 4.